The Hall–Kier alpha value is -2.40. The number of nitrogens with one attached hydrogen (secondary N) is 1. The van der Waals surface area contributed by atoms with Crippen molar-refractivity contribution in [2.75, 3.05) is 18.4 Å². The first-order chi connectivity index (χ1) is 14.8. The molecular formula is C21H21N3O4S3. The zero-order valence-corrected chi connectivity index (χ0v) is 19.2. The molecule has 1 aliphatic heterocycles. The number of amides is 1. The maximum Gasteiger partial charge on any atom is 0.243 e. The summed E-state index contributed by atoms with van der Waals surface area (Å²) in [6, 6.07) is 9.89. The predicted octanol–water partition coefficient (Wildman–Crippen LogP) is 4.11. The average molecular weight is 476 g/mol. The molecule has 0 saturated carbocycles. The maximum absolute atomic E-state index is 12.9. The van der Waals surface area contributed by atoms with Gasteiger partial charge in [0.2, 0.25) is 15.9 Å². The lowest BCUT2D eigenvalue weighted by atomic mass is 9.97. The number of hydrogen-bond donors (Lipinski definition) is 1. The van der Waals surface area contributed by atoms with E-state index < -0.39 is 10.0 Å². The normalized spacial score (nSPS) is 15.6. The van der Waals surface area contributed by atoms with Crippen molar-refractivity contribution in [2.45, 2.75) is 24.7 Å². The van der Waals surface area contributed by atoms with E-state index in [0.29, 0.717) is 23.5 Å². The lowest BCUT2D eigenvalue weighted by Gasteiger charge is -2.30. The van der Waals surface area contributed by atoms with Crippen LogP contribution in [0.25, 0.3) is 10.6 Å². The molecule has 1 saturated heterocycles. The summed E-state index contributed by atoms with van der Waals surface area (Å²) in [6.45, 7) is 1.98. The summed E-state index contributed by atoms with van der Waals surface area (Å²) in [5.74, 6) is -0.505. The summed E-state index contributed by atoms with van der Waals surface area (Å²) in [6.07, 6.45) is 0.888. The molecule has 4 rings (SSSR count). The third kappa shape index (κ3) is 4.77. The van der Waals surface area contributed by atoms with Crippen molar-refractivity contribution < 1.29 is 18.0 Å². The van der Waals surface area contributed by atoms with E-state index in [0.717, 1.165) is 10.6 Å². The second-order valence-electron chi connectivity index (χ2n) is 7.26. The quantitative estimate of drug-likeness (QED) is 0.541. The van der Waals surface area contributed by atoms with Crippen LogP contribution in [0.2, 0.25) is 0 Å². The van der Waals surface area contributed by atoms with Gasteiger partial charge in [0, 0.05) is 30.0 Å². The molecule has 0 radical (unpaired) electrons. The summed E-state index contributed by atoms with van der Waals surface area (Å²) < 4.78 is 27.2. The number of benzene rings is 1. The standard InChI is InChI=1S/C21H21N3O4S3/c1-14(25)15-4-6-17(7-5-15)31(27,28)24-10-8-16(9-11-24)20(26)23-21-22-18(13-30-21)19-3-2-12-29-19/h2-7,12-13,16H,8-11H2,1H3,(H,22,23,26). The topological polar surface area (TPSA) is 96.4 Å². The van der Waals surface area contributed by atoms with Crippen LogP contribution in [-0.4, -0.2) is 42.5 Å². The van der Waals surface area contributed by atoms with E-state index in [4.69, 9.17) is 0 Å². The summed E-state index contributed by atoms with van der Waals surface area (Å²) >= 11 is 2.97. The fraction of sp³-hybridized carbons (Fsp3) is 0.286. The van der Waals surface area contributed by atoms with Crippen molar-refractivity contribution in [3.8, 4) is 10.6 Å². The van der Waals surface area contributed by atoms with Gasteiger partial charge in [0.25, 0.3) is 0 Å². The first kappa shape index (κ1) is 21.8. The highest BCUT2D eigenvalue weighted by molar-refractivity contribution is 7.89. The number of piperidine rings is 1. The van der Waals surface area contributed by atoms with Gasteiger partial charge < -0.3 is 5.32 Å². The smallest absolute Gasteiger partial charge is 0.243 e. The number of hydrogen-bond acceptors (Lipinski definition) is 7. The van der Waals surface area contributed by atoms with Crippen LogP contribution in [0, 0.1) is 5.92 Å². The number of rotatable bonds is 6. The lowest BCUT2D eigenvalue weighted by Crippen LogP contribution is -2.41. The number of carbonyl (C=O) groups is 2. The van der Waals surface area contributed by atoms with Gasteiger partial charge in [-0.3, -0.25) is 9.59 Å². The maximum atomic E-state index is 12.9. The lowest BCUT2D eigenvalue weighted by molar-refractivity contribution is -0.120. The third-order valence-corrected chi connectivity index (χ3v) is 8.79. The number of carbonyl (C=O) groups excluding carboxylic acids is 2. The van der Waals surface area contributed by atoms with E-state index in [-0.39, 0.29) is 35.6 Å². The average Bonchev–Trinajstić information content (AvgIpc) is 3.46. The molecule has 0 bridgehead atoms. The fourth-order valence-electron chi connectivity index (χ4n) is 3.45. The van der Waals surface area contributed by atoms with Crippen LogP contribution >= 0.6 is 22.7 Å². The number of thiazole rings is 1. The van der Waals surface area contributed by atoms with Crippen molar-refractivity contribution >= 4 is 49.5 Å². The zero-order chi connectivity index (χ0) is 22.0. The van der Waals surface area contributed by atoms with Gasteiger partial charge in [0.05, 0.1) is 15.5 Å². The molecule has 0 atom stereocenters. The van der Waals surface area contributed by atoms with Crippen molar-refractivity contribution in [1.82, 2.24) is 9.29 Å². The number of aromatic nitrogens is 1. The summed E-state index contributed by atoms with van der Waals surface area (Å²) in [5, 5.41) is 7.31. The Morgan fingerprint density at radius 1 is 1.10 bits per heavy atom. The predicted molar refractivity (Wildman–Crippen MR) is 122 cm³/mol. The highest BCUT2D eigenvalue weighted by atomic mass is 32.2. The molecule has 1 fully saturated rings. The zero-order valence-electron chi connectivity index (χ0n) is 16.8. The van der Waals surface area contributed by atoms with Gasteiger partial charge in [-0.15, -0.1) is 22.7 Å². The SMILES string of the molecule is CC(=O)c1ccc(S(=O)(=O)N2CCC(C(=O)Nc3nc(-c4cccs4)cs3)CC2)cc1. The van der Waals surface area contributed by atoms with Gasteiger partial charge in [0.1, 0.15) is 0 Å². The van der Waals surface area contributed by atoms with E-state index >= 15 is 0 Å². The third-order valence-electron chi connectivity index (χ3n) is 5.23. The van der Waals surface area contributed by atoms with E-state index in [9.17, 15) is 18.0 Å². The van der Waals surface area contributed by atoms with Crippen LogP contribution in [-0.2, 0) is 14.8 Å². The fourth-order valence-corrected chi connectivity index (χ4v) is 6.39. The molecule has 0 spiro atoms. The Morgan fingerprint density at radius 3 is 2.42 bits per heavy atom. The number of nitrogens with zero attached hydrogens (tertiary/aromatic N) is 2. The Kier molecular flexibility index (Phi) is 6.33. The Morgan fingerprint density at radius 2 is 1.81 bits per heavy atom. The van der Waals surface area contributed by atoms with E-state index in [2.05, 4.69) is 10.3 Å². The molecule has 7 nitrogen and oxygen atoms in total. The highest BCUT2D eigenvalue weighted by Gasteiger charge is 2.32. The van der Waals surface area contributed by atoms with Crippen LogP contribution in [0.4, 0.5) is 5.13 Å². The molecule has 3 aromatic rings. The molecule has 0 unspecified atom stereocenters. The van der Waals surface area contributed by atoms with E-state index in [1.807, 2.05) is 22.9 Å². The number of thiophene rings is 1. The summed E-state index contributed by atoms with van der Waals surface area (Å²) in [5.41, 5.74) is 1.31. The van der Waals surface area contributed by atoms with Crippen molar-refractivity contribution in [1.29, 1.82) is 0 Å². The van der Waals surface area contributed by atoms with Crippen LogP contribution < -0.4 is 5.32 Å². The van der Waals surface area contributed by atoms with Gasteiger partial charge in [-0.05, 0) is 43.3 Å². The minimum absolute atomic E-state index is 0.112. The monoisotopic (exact) mass is 475 g/mol. The van der Waals surface area contributed by atoms with Crippen molar-refractivity contribution in [2.24, 2.45) is 5.92 Å². The van der Waals surface area contributed by atoms with Crippen LogP contribution in [0.1, 0.15) is 30.1 Å². The van der Waals surface area contributed by atoms with E-state index in [1.54, 1.807) is 11.3 Å². The number of sulfonamides is 1. The van der Waals surface area contributed by atoms with Crippen molar-refractivity contribution in [3.05, 3.63) is 52.7 Å². The number of Topliss-reactive ketones (excluding diaryl/α,β-unsaturated/α-hetero) is 1. The molecule has 10 heteroatoms. The van der Waals surface area contributed by atoms with Crippen LogP contribution in [0.5, 0.6) is 0 Å². The molecule has 0 aliphatic carbocycles. The minimum Gasteiger partial charge on any atom is -0.302 e. The minimum atomic E-state index is -3.65. The molecule has 31 heavy (non-hydrogen) atoms. The Labute approximate surface area is 188 Å². The molecule has 1 aromatic carbocycles. The molecule has 1 amide bonds. The van der Waals surface area contributed by atoms with Gasteiger partial charge >= 0.3 is 0 Å². The number of ketones is 1. The summed E-state index contributed by atoms with van der Waals surface area (Å²) in [7, 11) is -3.65. The molecule has 1 aliphatic rings. The second kappa shape index (κ2) is 8.99. The van der Waals surface area contributed by atoms with Crippen molar-refractivity contribution in [3.63, 3.8) is 0 Å². The van der Waals surface area contributed by atoms with Gasteiger partial charge in [-0.25, -0.2) is 13.4 Å². The van der Waals surface area contributed by atoms with E-state index in [1.165, 1.54) is 46.8 Å². The molecular weight excluding hydrogens is 454 g/mol. The summed E-state index contributed by atoms with van der Waals surface area (Å²) in [4.78, 5) is 29.7. The molecule has 1 N–H and O–H groups in total. The number of anilines is 1. The van der Waals surface area contributed by atoms with Crippen LogP contribution in [0.3, 0.4) is 0 Å². The largest absolute Gasteiger partial charge is 0.302 e. The first-order valence-electron chi connectivity index (χ1n) is 9.76. The second-order valence-corrected chi connectivity index (χ2v) is 11.0. The molecule has 162 valence electrons. The van der Waals surface area contributed by atoms with Gasteiger partial charge in [-0.1, -0.05) is 18.2 Å². The highest BCUT2D eigenvalue weighted by Crippen LogP contribution is 2.30. The Bertz CT molecular complexity index is 1180. The van der Waals surface area contributed by atoms with Gasteiger partial charge in [0.15, 0.2) is 10.9 Å². The van der Waals surface area contributed by atoms with Gasteiger partial charge in [-0.2, -0.15) is 4.31 Å². The molecule has 3 heterocycles. The first-order valence-corrected chi connectivity index (χ1v) is 13.0. The molecule has 2 aromatic heterocycles. The van der Waals surface area contributed by atoms with Crippen LogP contribution in [0.15, 0.2) is 52.1 Å². The Balaban J connectivity index is 1.35.